The maximum absolute atomic E-state index is 5.81. The van der Waals surface area contributed by atoms with Crippen molar-refractivity contribution >= 4 is 28.3 Å². The van der Waals surface area contributed by atoms with Gasteiger partial charge in [0.25, 0.3) is 0 Å². The van der Waals surface area contributed by atoms with Crippen LogP contribution in [0.4, 0.5) is 5.82 Å². The Labute approximate surface area is 109 Å². The smallest absolute Gasteiger partial charge is 0.225 e. The summed E-state index contributed by atoms with van der Waals surface area (Å²) in [5.41, 5.74) is 6.29. The molecule has 2 aromatic rings. The van der Waals surface area contributed by atoms with E-state index in [0.29, 0.717) is 28.2 Å². The average Bonchev–Trinajstić information content (AvgIpc) is 2.36. The van der Waals surface area contributed by atoms with Gasteiger partial charge < -0.3 is 19.9 Å². The molecule has 0 aliphatic heterocycles. The van der Waals surface area contributed by atoms with E-state index in [9.17, 15) is 0 Å². The van der Waals surface area contributed by atoms with Crippen LogP contribution in [0.2, 0.25) is 5.28 Å². The summed E-state index contributed by atoms with van der Waals surface area (Å²) in [5.74, 6) is 1.58. The van der Waals surface area contributed by atoms with Crippen LogP contribution in [0.3, 0.4) is 0 Å². The number of nitrogens with zero attached hydrogens (tertiary/aromatic N) is 2. The second-order valence-electron chi connectivity index (χ2n) is 3.42. The number of ether oxygens (including phenoxy) is 3. The summed E-state index contributed by atoms with van der Waals surface area (Å²) >= 11 is 5.79. The number of hydrogen-bond donors (Lipinski definition) is 1. The van der Waals surface area contributed by atoms with Crippen molar-refractivity contribution in [1.29, 1.82) is 0 Å². The molecule has 0 radical (unpaired) electrons. The van der Waals surface area contributed by atoms with Crippen LogP contribution in [0.1, 0.15) is 0 Å². The zero-order valence-electron chi connectivity index (χ0n) is 10.2. The predicted octanol–water partition coefficient (Wildman–Crippen LogP) is 1.89. The zero-order valence-corrected chi connectivity index (χ0v) is 10.9. The molecule has 0 saturated heterocycles. The summed E-state index contributed by atoms with van der Waals surface area (Å²) in [5, 5.41) is 0.638. The Morgan fingerprint density at radius 1 is 1.06 bits per heavy atom. The second-order valence-corrected chi connectivity index (χ2v) is 3.76. The first-order valence-electron chi connectivity index (χ1n) is 5.04. The molecule has 7 heteroatoms. The van der Waals surface area contributed by atoms with Gasteiger partial charge in [0.2, 0.25) is 11.0 Å². The molecule has 0 unspecified atom stereocenters. The number of hydrogen-bond acceptors (Lipinski definition) is 6. The summed E-state index contributed by atoms with van der Waals surface area (Å²) in [6.45, 7) is 0. The summed E-state index contributed by atoms with van der Waals surface area (Å²) in [7, 11) is 4.54. The van der Waals surface area contributed by atoms with Crippen LogP contribution in [0, 0.1) is 0 Å². The minimum atomic E-state index is 0.0468. The van der Waals surface area contributed by atoms with E-state index in [0.717, 1.165) is 0 Å². The Balaban J connectivity index is 2.92. The minimum Gasteiger partial charge on any atom is -0.493 e. The Bertz CT molecular complexity index is 604. The number of rotatable bonds is 3. The molecule has 18 heavy (non-hydrogen) atoms. The van der Waals surface area contributed by atoms with E-state index in [-0.39, 0.29) is 11.1 Å². The molecular formula is C11H12ClN3O3. The number of nitrogen functional groups attached to an aromatic ring is 1. The Kier molecular flexibility index (Phi) is 3.29. The summed E-state index contributed by atoms with van der Waals surface area (Å²) in [6.07, 6.45) is 0. The molecule has 2 rings (SSSR count). The van der Waals surface area contributed by atoms with Gasteiger partial charge in [0.15, 0.2) is 11.5 Å². The number of nitrogens with two attached hydrogens (primary N) is 1. The molecule has 2 N–H and O–H groups in total. The zero-order chi connectivity index (χ0) is 13.3. The molecule has 0 bridgehead atoms. The van der Waals surface area contributed by atoms with Crippen molar-refractivity contribution in [3.05, 3.63) is 11.3 Å². The SMILES string of the molecule is COc1cc2c(N)nc(Cl)nc2c(OC)c1OC. The molecule has 0 aliphatic carbocycles. The maximum atomic E-state index is 5.81. The molecule has 96 valence electrons. The van der Waals surface area contributed by atoms with Gasteiger partial charge in [-0.3, -0.25) is 0 Å². The number of aromatic nitrogens is 2. The van der Waals surface area contributed by atoms with Gasteiger partial charge in [0, 0.05) is 0 Å². The Morgan fingerprint density at radius 2 is 1.72 bits per heavy atom. The Morgan fingerprint density at radius 3 is 2.28 bits per heavy atom. The van der Waals surface area contributed by atoms with Crippen LogP contribution in [0.25, 0.3) is 10.9 Å². The fraction of sp³-hybridized carbons (Fsp3) is 0.273. The van der Waals surface area contributed by atoms with Crippen LogP contribution < -0.4 is 19.9 Å². The van der Waals surface area contributed by atoms with Crippen LogP contribution in [0.15, 0.2) is 6.07 Å². The van der Waals surface area contributed by atoms with Gasteiger partial charge in [-0.25, -0.2) is 9.97 Å². The third-order valence-electron chi connectivity index (χ3n) is 2.50. The fourth-order valence-electron chi connectivity index (χ4n) is 1.72. The van der Waals surface area contributed by atoms with Crippen molar-refractivity contribution in [2.45, 2.75) is 0 Å². The van der Waals surface area contributed by atoms with Crippen LogP contribution in [-0.2, 0) is 0 Å². The van der Waals surface area contributed by atoms with E-state index in [1.165, 1.54) is 21.3 Å². The molecule has 0 atom stereocenters. The third kappa shape index (κ3) is 1.84. The summed E-state index contributed by atoms with van der Waals surface area (Å²) in [6, 6.07) is 1.68. The van der Waals surface area contributed by atoms with Crippen LogP contribution in [-0.4, -0.2) is 31.3 Å². The van der Waals surface area contributed by atoms with Crippen LogP contribution >= 0.6 is 11.6 Å². The van der Waals surface area contributed by atoms with E-state index in [1.807, 2.05) is 0 Å². The van der Waals surface area contributed by atoms with Crippen molar-refractivity contribution in [3.63, 3.8) is 0 Å². The Hall–Kier alpha value is -1.95. The van der Waals surface area contributed by atoms with Gasteiger partial charge >= 0.3 is 0 Å². The van der Waals surface area contributed by atoms with E-state index in [4.69, 9.17) is 31.5 Å². The molecule has 0 saturated carbocycles. The van der Waals surface area contributed by atoms with Gasteiger partial charge in [-0.2, -0.15) is 0 Å². The van der Waals surface area contributed by atoms with Crippen molar-refractivity contribution < 1.29 is 14.2 Å². The largest absolute Gasteiger partial charge is 0.493 e. The molecule has 0 spiro atoms. The highest BCUT2D eigenvalue weighted by atomic mass is 35.5. The topological polar surface area (TPSA) is 79.5 Å². The summed E-state index contributed by atoms with van der Waals surface area (Å²) < 4.78 is 15.8. The highest BCUT2D eigenvalue weighted by molar-refractivity contribution is 6.29. The molecule has 0 aliphatic rings. The second kappa shape index (κ2) is 4.73. The standard InChI is InChI=1S/C11H12ClN3O3/c1-16-6-4-5-7(9(18-3)8(6)17-2)14-11(12)15-10(5)13/h4H,1-3H3,(H2,13,14,15). The third-order valence-corrected chi connectivity index (χ3v) is 2.67. The molecule has 6 nitrogen and oxygen atoms in total. The van der Waals surface area contributed by atoms with E-state index in [2.05, 4.69) is 9.97 Å². The summed E-state index contributed by atoms with van der Waals surface area (Å²) in [4.78, 5) is 7.99. The minimum absolute atomic E-state index is 0.0468. The van der Waals surface area contributed by atoms with Crippen LogP contribution in [0.5, 0.6) is 17.2 Å². The number of halogens is 1. The van der Waals surface area contributed by atoms with Crippen molar-refractivity contribution in [1.82, 2.24) is 9.97 Å². The van der Waals surface area contributed by atoms with Gasteiger partial charge in [-0.1, -0.05) is 0 Å². The molecule has 1 aromatic heterocycles. The normalized spacial score (nSPS) is 10.4. The first-order valence-corrected chi connectivity index (χ1v) is 5.41. The number of methoxy groups -OCH3 is 3. The molecule has 1 heterocycles. The van der Waals surface area contributed by atoms with E-state index in [1.54, 1.807) is 6.07 Å². The van der Waals surface area contributed by atoms with Gasteiger partial charge in [0.05, 0.1) is 26.7 Å². The number of benzene rings is 1. The van der Waals surface area contributed by atoms with E-state index < -0.39 is 0 Å². The van der Waals surface area contributed by atoms with Crippen molar-refractivity contribution in [3.8, 4) is 17.2 Å². The van der Waals surface area contributed by atoms with Crippen molar-refractivity contribution in [2.24, 2.45) is 0 Å². The lowest BCUT2D eigenvalue weighted by Crippen LogP contribution is -2.00. The highest BCUT2D eigenvalue weighted by Crippen LogP contribution is 2.43. The number of anilines is 1. The lowest BCUT2D eigenvalue weighted by Gasteiger charge is -2.14. The lowest BCUT2D eigenvalue weighted by atomic mass is 10.2. The van der Waals surface area contributed by atoms with E-state index >= 15 is 0 Å². The van der Waals surface area contributed by atoms with Gasteiger partial charge in [0.1, 0.15) is 11.3 Å². The first kappa shape index (κ1) is 12.5. The lowest BCUT2D eigenvalue weighted by molar-refractivity contribution is 0.327. The number of fused-ring (bicyclic) bond motifs is 1. The van der Waals surface area contributed by atoms with Gasteiger partial charge in [-0.15, -0.1) is 0 Å². The van der Waals surface area contributed by atoms with Gasteiger partial charge in [-0.05, 0) is 17.7 Å². The quantitative estimate of drug-likeness (QED) is 0.857. The molecular weight excluding hydrogens is 258 g/mol. The maximum Gasteiger partial charge on any atom is 0.225 e. The molecule has 1 aromatic carbocycles. The molecule has 0 amide bonds. The average molecular weight is 270 g/mol. The monoisotopic (exact) mass is 269 g/mol. The fourth-order valence-corrected chi connectivity index (χ4v) is 1.90. The first-order chi connectivity index (χ1) is 8.62. The molecule has 0 fully saturated rings. The highest BCUT2D eigenvalue weighted by Gasteiger charge is 2.19. The predicted molar refractivity (Wildman–Crippen MR) is 68.6 cm³/mol. The van der Waals surface area contributed by atoms with Crippen molar-refractivity contribution in [2.75, 3.05) is 27.1 Å².